The highest BCUT2D eigenvalue weighted by molar-refractivity contribution is 5.54. The van der Waals surface area contributed by atoms with Crippen molar-refractivity contribution in [3.63, 3.8) is 0 Å². The zero-order chi connectivity index (χ0) is 11.7. The third-order valence-electron chi connectivity index (χ3n) is 2.86. The first-order valence-electron chi connectivity index (χ1n) is 5.53. The molecule has 2 aromatic carbocycles. The van der Waals surface area contributed by atoms with E-state index in [4.69, 9.17) is 9.47 Å². The molecule has 2 heteroatoms. The van der Waals surface area contributed by atoms with Crippen molar-refractivity contribution in [3.05, 3.63) is 66.4 Å². The molecule has 2 aromatic rings. The van der Waals surface area contributed by atoms with Crippen LogP contribution in [0.25, 0.3) is 0 Å². The monoisotopic (exact) mass is 224 g/mol. The van der Waals surface area contributed by atoms with Crippen LogP contribution in [0.1, 0.15) is 11.1 Å². The van der Waals surface area contributed by atoms with Gasteiger partial charge in [-0.15, -0.1) is 0 Å². The van der Waals surface area contributed by atoms with Crippen LogP contribution in [0.15, 0.2) is 55.3 Å². The van der Waals surface area contributed by atoms with Crippen molar-refractivity contribution in [2.24, 2.45) is 0 Å². The molecular formula is C15H12O2. The van der Waals surface area contributed by atoms with Crippen LogP contribution in [-0.4, -0.2) is 0 Å². The number of para-hydroxylation sites is 1. The Balaban J connectivity index is 2.08. The second kappa shape index (κ2) is 3.98. The lowest BCUT2D eigenvalue weighted by Crippen LogP contribution is -2.04. The lowest BCUT2D eigenvalue weighted by molar-refractivity contribution is 0.437. The van der Waals surface area contributed by atoms with Crippen LogP contribution in [0.3, 0.4) is 0 Å². The van der Waals surface area contributed by atoms with Gasteiger partial charge in [-0.2, -0.15) is 0 Å². The normalized spacial score (nSPS) is 12.0. The van der Waals surface area contributed by atoms with Gasteiger partial charge in [0.1, 0.15) is 17.2 Å². The fourth-order valence-electron chi connectivity index (χ4n) is 2.07. The van der Waals surface area contributed by atoms with E-state index in [0.717, 1.165) is 29.2 Å². The lowest BCUT2D eigenvalue weighted by Gasteiger charge is -2.21. The van der Waals surface area contributed by atoms with Gasteiger partial charge in [-0.3, -0.25) is 0 Å². The van der Waals surface area contributed by atoms with Crippen LogP contribution in [0.4, 0.5) is 0 Å². The predicted octanol–water partition coefficient (Wildman–Crippen LogP) is 3.91. The summed E-state index contributed by atoms with van der Waals surface area (Å²) in [6.45, 7) is 3.59. The zero-order valence-electron chi connectivity index (χ0n) is 9.35. The average Bonchev–Trinajstić information content (AvgIpc) is 2.37. The molecule has 2 nitrogen and oxygen atoms in total. The van der Waals surface area contributed by atoms with E-state index in [1.54, 1.807) is 0 Å². The predicted molar refractivity (Wildman–Crippen MR) is 66.6 cm³/mol. The molecule has 1 aliphatic rings. The molecule has 0 unspecified atom stereocenters. The van der Waals surface area contributed by atoms with Crippen molar-refractivity contribution < 1.29 is 9.47 Å². The first-order valence-corrected chi connectivity index (χ1v) is 5.53. The van der Waals surface area contributed by atoms with Crippen LogP contribution >= 0.6 is 0 Å². The number of rotatable bonds is 2. The van der Waals surface area contributed by atoms with Crippen molar-refractivity contribution in [2.75, 3.05) is 0 Å². The highest BCUT2D eigenvalue weighted by atomic mass is 16.5. The first-order chi connectivity index (χ1) is 8.38. The molecule has 0 radical (unpaired) electrons. The second-order valence-corrected chi connectivity index (χ2v) is 3.90. The second-order valence-electron chi connectivity index (χ2n) is 3.90. The van der Waals surface area contributed by atoms with E-state index in [-0.39, 0.29) is 0 Å². The van der Waals surface area contributed by atoms with Gasteiger partial charge in [-0.25, -0.2) is 0 Å². The summed E-state index contributed by atoms with van der Waals surface area (Å²) in [5.74, 6) is 2.60. The Kier molecular flexibility index (Phi) is 2.33. The van der Waals surface area contributed by atoms with Gasteiger partial charge in [-0.1, -0.05) is 30.8 Å². The lowest BCUT2D eigenvalue weighted by atomic mass is 10.00. The molecule has 1 aliphatic heterocycles. The Hall–Kier alpha value is -2.22. The number of ether oxygens (including phenoxy) is 2. The van der Waals surface area contributed by atoms with Crippen LogP contribution in [0.5, 0.6) is 17.2 Å². The molecule has 0 aliphatic carbocycles. The van der Waals surface area contributed by atoms with Gasteiger partial charge in [0.05, 0.1) is 6.26 Å². The summed E-state index contributed by atoms with van der Waals surface area (Å²) in [6.07, 6.45) is 2.27. The number of hydrogen-bond donors (Lipinski definition) is 0. The standard InChI is InChI=1S/C15H12O2/c1-2-16-14-8-5-9-15-12(14)10-11-6-3-4-7-13(11)17-15/h2-9H,1,10H2. The Morgan fingerprint density at radius 1 is 1.06 bits per heavy atom. The van der Waals surface area contributed by atoms with Gasteiger partial charge in [0.2, 0.25) is 0 Å². The smallest absolute Gasteiger partial charge is 0.134 e. The van der Waals surface area contributed by atoms with Gasteiger partial charge >= 0.3 is 0 Å². The molecule has 3 rings (SSSR count). The van der Waals surface area contributed by atoms with E-state index in [9.17, 15) is 0 Å². The molecule has 0 saturated heterocycles. The topological polar surface area (TPSA) is 18.5 Å². The number of hydrogen-bond acceptors (Lipinski definition) is 2. The van der Waals surface area contributed by atoms with Crippen molar-refractivity contribution in [1.29, 1.82) is 0 Å². The number of fused-ring (bicyclic) bond motifs is 2. The molecule has 84 valence electrons. The minimum absolute atomic E-state index is 0.812. The summed E-state index contributed by atoms with van der Waals surface area (Å²) < 4.78 is 11.3. The maximum atomic E-state index is 5.85. The summed E-state index contributed by atoms with van der Waals surface area (Å²) in [6, 6.07) is 13.9. The molecule has 0 spiro atoms. The summed E-state index contributed by atoms with van der Waals surface area (Å²) in [5.41, 5.74) is 2.26. The fraction of sp³-hybridized carbons (Fsp3) is 0.0667. The van der Waals surface area contributed by atoms with Crippen molar-refractivity contribution in [2.45, 2.75) is 6.42 Å². The van der Waals surface area contributed by atoms with E-state index in [0.29, 0.717) is 0 Å². The molecule has 0 saturated carbocycles. The van der Waals surface area contributed by atoms with E-state index < -0.39 is 0 Å². The molecule has 0 bridgehead atoms. The average molecular weight is 224 g/mol. The van der Waals surface area contributed by atoms with Gasteiger partial charge in [-0.05, 0) is 23.8 Å². The molecule has 17 heavy (non-hydrogen) atoms. The van der Waals surface area contributed by atoms with Crippen molar-refractivity contribution in [1.82, 2.24) is 0 Å². The summed E-state index contributed by atoms with van der Waals surface area (Å²) in [4.78, 5) is 0. The van der Waals surface area contributed by atoms with Gasteiger partial charge < -0.3 is 9.47 Å². The molecule has 1 heterocycles. The van der Waals surface area contributed by atoms with Crippen LogP contribution in [0, 0.1) is 0 Å². The number of benzene rings is 2. The van der Waals surface area contributed by atoms with E-state index in [1.165, 1.54) is 11.8 Å². The first kappa shape index (κ1) is 9.97. The Labute approximate surface area is 100 Å². The van der Waals surface area contributed by atoms with E-state index >= 15 is 0 Å². The quantitative estimate of drug-likeness (QED) is 0.614. The maximum absolute atomic E-state index is 5.85. The SMILES string of the molecule is C=COc1cccc2c1Cc1ccccc1O2. The molecule has 0 aromatic heterocycles. The summed E-state index contributed by atoms with van der Waals surface area (Å²) in [7, 11) is 0. The van der Waals surface area contributed by atoms with E-state index in [2.05, 4.69) is 12.6 Å². The van der Waals surface area contributed by atoms with Crippen LogP contribution in [-0.2, 0) is 6.42 Å². The third kappa shape index (κ3) is 1.68. The third-order valence-corrected chi connectivity index (χ3v) is 2.86. The van der Waals surface area contributed by atoms with Crippen LogP contribution < -0.4 is 9.47 Å². The summed E-state index contributed by atoms with van der Waals surface area (Å²) >= 11 is 0. The Morgan fingerprint density at radius 3 is 2.76 bits per heavy atom. The summed E-state index contributed by atoms with van der Waals surface area (Å²) in [5, 5.41) is 0. The Morgan fingerprint density at radius 2 is 1.88 bits per heavy atom. The molecule has 0 N–H and O–H groups in total. The van der Waals surface area contributed by atoms with Gasteiger partial charge in [0.15, 0.2) is 0 Å². The fourth-order valence-corrected chi connectivity index (χ4v) is 2.07. The largest absolute Gasteiger partial charge is 0.465 e. The van der Waals surface area contributed by atoms with E-state index in [1.807, 2.05) is 36.4 Å². The van der Waals surface area contributed by atoms with Gasteiger partial charge in [0.25, 0.3) is 0 Å². The van der Waals surface area contributed by atoms with Crippen LogP contribution in [0.2, 0.25) is 0 Å². The molecule has 0 fully saturated rings. The molecule has 0 atom stereocenters. The highest BCUT2D eigenvalue weighted by Gasteiger charge is 2.19. The maximum Gasteiger partial charge on any atom is 0.134 e. The molecular weight excluding hydrogens is 212 g/mol. The Bertz CT molecular complexity index is 573. The molecule has 0 amide bonds. The van der Waals surface area contributed by atoms with Gasteiger partial charge in [0, 0.05) is 12.0 Å². The van der Waals surface area contributed by atoms with Crippen molar-refractivity contribution in [3.8, 4) is 17.2 Å². The minimum atomic E-state index is 0.812. The van der Waals surface area contributed by atoms with Crippen molar-refractivity contribution >= 4 is 0 Å². The highest BCUT2D eigenvalue weighted by Crippen LogP contribution is 2.40. The minimum Gasteiger partial charge on any atom is -0.465 e. The zero-order valence-corrected chi connectivity index (χ0v) is 9.35.